The Morgan fingerprint density at radius 2 is 1.48 bits per heavy atom. The summed E-state index contributed by atoms with van der Waals surface area (Å²) in [7, 11) is -3.92. The fourth-order valence-corrected chi connectivity index (χ4v) is 7.72. The summed E-state index contributed by atoms with van der Waals surface area (Å²) >= 11 is -9.77. The van der Waals surface area contributed by atoms with Gasteiger partial charge in [0.05, 0.1) is 10.1 Å². The molecule has 0 spiro atoms. The molecule has 0 aliphatic heterocycles. The maximum Gasteiger partial charge on any atom is 0.0916 e. The summed E-state index contributed by atoms with van der Waals surface area (Å²) in [4.78, 5) is 0. The van der Waals surface area contributed by atoms with Crippen LogP contribution in [0.15, 0.2) is 6.07 Å². The van der Waals surface area contributed by atoms with Crippen molar-refractivity contribution in [1.29, 1.82) is 0 Å². The summed E-state index contributed by atoms with van der Waals surface area (Å²) in [6.45, 7) is 1.78. The summed E-state index contributed by atoms with van der Waals surface area (Å²) in [5, 5.41) is 0. The van der Waals surface area contributed by atoms with Crippen LogP contribution in [0.4, 0.5) is 24.6 Å². The van der Waals surface area contributed by atoms with Crippen LogP contribution in [-0.4, -0.2) is 23.7 Å². The molecule has 0 saturated heterocycles. The Hall–Kier alpha value is -0.630. The molecule has 0 bridgehead atoms. The SMILES string of the molecule is CCC[I+](F)(F)(F)(F)c1c(C)cc(F)c(F)c1F.CS(=O)(=O)[O-]. The molecule has 0 saturated carbocycles. The van der Waals surface area contributed by atoms with E-state index in [2.05, 4.69) is 0 Å². The Morgan fingerprint density at radius 3 is 1.83 bits per heavy atom. The van der Waals surface area contributed by atoms with Crippen LogP contribution in [0.25, 0.3) is 0 Å². The smallest absolute Gasteiger partial charge is 0.0916 e. The van der Waals surface area contributed by atoms with Gasteiger partial charge in [0.15, 0.2) is 0 Å². The molecular formula is C11H14F7IO3S. The largest absolute Gasteiger partial charge is 0.748 e. The van der Waals surface area contributed by atoms with Gasteiger partial charge in [0.1, 0.15) is 0 Å². The molecule has 1 rings (SSSR count). The van der Waals surface area contributed by atoms with Crippen LogP contribution in [0.1, 0.15) is 18.9 Å². The Balaban J connectivity index is 0.000000841. The Bertz CT molecular complexity index is 704. The van der Waals surface area contributed by atoms with Crippen LogP contribution in [0.5, 0.6) is 0 Å². The van der Waals surface area contributed by atoms with E-state index in [1.165, 1.54) is 0 Å². The van der Waals surface area contributed by atoms with Gasteiger partial charge in [-0.3, -0.25) is 0 Å². The predicted octanol–water partition coefficient (Wildman–Crippen LogP) is 0.923. The van der Waals surface area contributed by atoms with Crippen LogP contribution < -0.4 is 18.0 Å². The first kappa shape index (κ1) is 22.4. The van der Waals surface area contributed by atoms with E-state index in [1.807, 2.05) is 0 Å². The molecule has 1 aromatic rings. The average molecular weight is 486 g/mol. The van der Waals surface area contributed by atoms with Gasteiger partial charge in [-0.15, -0.1) is 0 Å². The molecule has 0 aromatic heterocycles. The fourth-order valence-electron chi connectivity index (χ4n) is 1.68. The van der Waals surface area contributed by atoms with Gasteiger partial charge in [-0.05, 0) is 0 Å². The molecule has 0 amide bonds. The second-order valence-corrected chi connectivity index (χ2v) is 14.8. The minimum Gasteiger partial charge on any atom is -0.748 e. The maximum atomic E-state index is 13.7. The van der Waals surface area contributed by atoms with E-state index in [0.717, 1.165) is 6.92 Å². The molecule has 0 N–H and O–H groups in total. The second-order valence-electron chi connectivity index (χ2n) is 4.66. The van der Waals surface area contributed by atoms with Gasteiger partial charge in [0.25, 0.3) is 0 Å². The zero-order valence-corrected chi connectivity index (χ0v) is 15.1. The van der Waals surface area contributed by atoms with Crippen molar-refractivity contribution < 1.29 is 55.5 Å². The van der Waals surface area contributed by atoms with Gasteiger partial charge < -0.3 is 4.55 Å². The van der Waals surface area contributed by atoms with Crippen LogP contribution in [0, 0.1) is 27.9 Å². The summed E-state index contributed by atoms with van der Waals surface area (Å²) in [5.74, 6) is -6.56. The summed E-state index contributed by atoms with van der Waals surface area (Å²) in [6.07, 6.45) is 0.00724. The molecular weight excluding hydrogens is 472 g/mol. The standard InChI is InChI=1S/C10H11F7I.CH4O3S/c1-3-4-18(14,15,16,17)10-6(2)5-7(11)8(12)9(10)13;1-5(2,3)4/h5H,3-4H2,1-2H3;1H3,(H,2,3,4)/q+1;/p-1. The minimum absolute atomic E-state index is 0.157. The van der Waals surface area contributed by atoms with Gasteiger partial charge in [0.2, 0.25) is 0 Å². The van der Waals surface area contributed by atoms with Crippen LogP contribution in [0.3, 0.4) is 0 Å². The number of hydrogen-bond acceptors (Lipinski definition) is 3. The zero-order valence-electron chi connectivity index (χ0n) is 12.1. The number of alkyl halides is 1. The molecule has 0 heterocycles. The molecule has 12 heteroatoms. The van der Waals surface area contributed by atoms with Gasteiger partial charge in [-0.2, -0.15) is 0 Å². The quantitative estimate of drug-likeness (QED) is 0.160. The van der Waals surface area contributed by atoms with Crippen molar-refractivity contribution in [3.63, 3.8) is 0 Å². The van der Waals surface area contributed by atoms with Crippen molar-refractivity contribution in [3.05, 3.63) is 32.7 Å². The van der Waals surface area contributed by atoms with Crippen molar-refractivity contribution in [2.75, 3.05) is 10.7 Å². The van der Waals surface area contributed by atoms with E-state index < -0.39 is 65.5 Å². The maximum absolute atomic E-state index is 13.7. The van der Waals surface area contributed by atoms with E-state index in [9.17, 15) is 24.6 Å². The van der Waals surface area contributed by atoms with Crippen molar-refractivity contribution in [2.45, 2.75) is 20.3 Å². The first-order chi connectivity index (χ1) is 9.82. The number of benzene rings is 1. The number of hydrogen-bond donors (Lipinski definition) is 0. The summed E-state index contributed by atoms with van der Waals surface area (Å²) in [6, 6.07) is 0.157. The number of aryl methyl sites for hydroxylation is 1. The molecule has 23 heavy (non-hydrogen) atoms. The first-order valence-electron chi connectivity index (χ1n) is 5.79. The molecule has 0 aliphatic carbocycles. The van der Waals surface area contributed by atoms with Gasteiger partial charge >= 0.3 is 99.9 Å². The third-order valence-electron chi connectivity index (χ3n) is 2.27. The topological polar surface area (TPSA) is 57.2 Å². The van der Waals surface area contributed by atoms with E-state index in [0.29, 0.717) is 13.2 Å². The van der Waals surface area contributed by atoms with Crippen molar-refractivity contribution >= 4 is 10.1 Å². The van der Waals surface area contributed by atoms with Crippen LogP contribution in [0.2, 0.25) is 0 Å². The third-order valence-corrected chi connectivity index (χ3v) is 9.24. The van der Waals surface area contributed by atoms with Crippen molar-refractivity contribution in [2.24, 2.45) is 0 Å². The van der Waals surface area contributed by atoms with Gasteiger partial charge in [-0.1, -0.05) is 0 Å². The minimum atomic E-state index is -9.77. The fraction of sp³-hybridized carbons (Fsp3) is 0.455. The van der Waals surface area contributed by atoms with E-state index in [1.54, 1.807) is 0 Å². The van der Waals surface area contributed by atoms with E-state index in [4.69, 9.17) is 13.0 Å². The van der Waals surface area contributed by atoms with Gasteiger partial charge in [0, 0.05) is 6.26 Å². The Labute approximate surface area is 129 Å². The van der Waals surface area contributed by atoms with Gasteiger partial charge in [-0.25, -0.2) is 8.42 Å². The zero-order chi connectivity index (χ0) is 18.9. The molecule has 0 unspecified atom stereocenters. The molecule has 138 valence electrons. The monoisotopic (exact) mass is 486 g/mol. The molecule has 1 aromatic carbocycles. The third kappa shape index (κ3) is 6.41. The Morgan fingerprint density at radius 1 is 1.09 bits per heavy atom. The summed E-state index contributed by atoms with van der Waals surface area (Å²) in [5.41, 5.74) is -0.975. The molecule has 0 radical (unpaired) electrons. The predicted molar refractivity (Wildman–Crippen MR) is 65.0 cm³/mol. The summed E-state index contributed by atoms with van der Waals surface area (Å²) < 4.78 is 117. The normalized spacial score (nSPS) is 15.3. The van der Waals surface area contributed by atoms with E-state index >= 15 is 0 Å². The average Bonchev–Trinajstić information content (AvgIpc) is 2.20. The Kier molecular flexibility index (Phi) is 5.86. The number of rotatable bonds is 3. The molecule has 0 atom stereocenters. The molecule has 0 aliphatic rings. The molecule has 0 fully saturated rings. The van der Waals surface area contributed by atoms with E-state index in [-0.39, 0.29) is 6.07 Å². The van der Waals surface area contributed by atoms with Crippen molar-refractivity contribution in [3.8, 4) is 0 Å². The molecule has 3 nitrogen and oxygen atoms in total. The first-order valence-corrected chi connectivity index (χ1v) is 13.5. The van der Waals surface area contributed by atoms with Crippen LogP contribution >= 0.6 is 0 Å². The van der Waals surface area contributed by atoms with Crippen molar-refractivity contribution in [1.82, 2.24) is 0 Å². The van der Waals surface area contributed by atoms with Crippen LogP contribution in [-0.2, 0) is 10.1 Å². The second kappa shape index (κ2) is 6.02. The number of halogens is 8.